The molecule has 1 aromatic carbocycles. The summed E-state index contributed by atoms with van der Waals surface area (Å²) in [7, 11) is 1.29. The van der Waals surface area contributed by atoms with Crippen LogP contribution in [-0.4, -0.2) is 12.9 Å². The minimum Gasteiger partial charge on any atom is -0.496 e. The zero-order valence-corrected chi connectivity index (χ0v) is 7.23. The fourth-order valence-electron chi connectivity index (χ4n) is 1.03. The molecule has 4 heteroatoms. The minimum absolute atomic E-state index is 0. The molecule has 78 valence electrons. The number of benzene rings is 1. The van der Waals surface area contributed by atoms with Gasteiger partial charge in [-0.3, -0.25) is 4.79 Å². The van der Waals surface area contributed by atoms with E-state index in [1.807, 2.05) is 0 Å². The second kappa shape index (κ2) is 4.69. The van der Waals surface area contributed by atoms with Crippen LogP contribution >= 0.6 is 0 Å². The number of carbonyl (C=O) groups excluding carboxylic acids is 1. The summed E-state index contributed by atoms with van der Waals surface area (Å²) in [6.45, 7) is 1.15. The van der Waals surface area contributed by atoms with Gasteiger partial charge in [0.25, 0.3) is 0 Å². The Balaban J connectivity index is 0.00000169. The van der Waals surface area contributed by atoms with Crippen molar-refractivity contribution in [3.05, 3.63) is 29.3 Å². The van der Waals surface area contributed by atoms with Crippen molar-refractivity contribution in [2.75, 3.05) is 7.11 Å². The molecule has 14 heavy (non-hydrogen) atoms. The van der Waals surface area contributed by atoms with Crippen molar-refractivity contribution >= 4 is 5.78 Å². The second-order valence-electron chi connectivity index (χ2n) is 2.49. The Labute approximate surface area is 81.5 Å². The van der Waals surface area contributed by atoms with Gasteiger partial charge in [0, 0.05) is 0 Å². The van der Waals surface area contributed by atoms with Gasteiger partial charge in [-0.2, -0.15) is 0 Å². The van der Waals surface area contributed by atoms with Crippen LogP contribution in [0.5, 0.6) is 5.75 Å². The fraction of sp³-hybridized carbons (Fsp3) is 0.300. The first-order valence-corrected chi connectivity index (χ1v) is 3.61. The van der Waals surface area contributed by atoms with E-state index in [0.29, 0.717) is 0 Å². The first-order chi connectivity index (χ1) is 6.07. The summed E-state index contributed by atoms with van der Waals surface area (Å²) in [6, 6.07) is 2.13. The van der Waals surface area contributed by atoms with Crippen molar-refractivity contribution in [3.8, 4) is 5.75 Å². The first kappa shape index (κ1) is 12.6. The summed E-state index contributed by atoms with van der Waals surface area (Å²) < 4.78 is 30.4. The van der Waals surface area contributed by atoms with Gasteiger partial charge in [-0.25, -0.2) is 8.78 Å². The van der Waals surface area contributed by atoms with Crippen molar-refractivity contribution in [1.29, 1.82) is 0 Å². The average molecular weight is 202 g/mol. The summed E-state index contributed by atoms with van der Waals surface area (Å²) in [5.41, 5.74) is -0.345. The third kappa shape index (κ3) is 2.07. The molecule has 0 heterocycles. The molecule has 0 aliphatic rings. The minimum atomic E-state index is -1.16. The van der Waals surface area contributed by atoms with E-state index in [-0.39, 0.29) is 18.7 Å². The number of ketones is 1. The SMILES string of the molecule is C.COc1ccc(F)c(F)c1C(C)=O. The van der Waals surface area contributed by atoms with Gasteiger partial charge >= 0.3 is 0 Å². The van der Waals surface area contributed by atoms with E-state index in [1.54, 1.807) is 0 Å². The van der Waals surface area contributed by atoms with Crippen molar-refractivity contribution in [2.24, 2.45) is 0 Å². The van der Waals surface area contributed by atoms with Gasteiger partial charge in [-0.15, -0.1) is 0 Å². The van der Waals surface area contributed by atoms with E-state index in [0.717, 1.165) is 13.0 Å². The largest absolute Gasteiger partial charge is 0.496 e. The van der Waals surface area contributed by atoms with Crippen LogP contribution in [0.3, 0.4) is 0 Å². The molecule has 0 bridgehead atoms. The lowest BCUT2D eigenvalue weighted by Gasteiger charge is -2.06. The molecule has 1 rings (SSSR count). The molecule has 0 aromatic heterocycles. The lowest BCUT2D eigenvalue weighted by molar-refractivity contribution is 0.100. The van der Waals surface area contributed by atoms with Crippen LogP contribution in [0.25, 0.3) is 0 Å². The summed E-state index contributed by atoms with van der Waals surface area (Å²) in [5.74, 6) is -2.72. The molecule has 1 aromatic rings. The van der Waals surface area contributed by atoms with Gasteiger partial charge in [0.15, 0.2) is 17.4 Å². The third-order valence-electron chi connectivity index (χ3n) is 1.63. The molecule has 0 saturated heterocycles. The van der Waals surface area contributed by atoms with Crippen LogP contribution in [0.1, 0.15) is 24.7 Å². The van der Waals surface area contributed by atoms with Crippen LogP contribution in [0.15, 0.2) is 12.1 Å². The van der Waals surface area contributed by atoms with E-state index in [4.69, 9.17) is 4.74 Å². The Kier molecular flexibility index (Phi) is 4.21. The molecule has 0 N–H and O–H groups in total. The first-order valence-electron chi connectivity index (χ1n) is 3.61. The molecule has 0 unspecified atom stereocenters. The quantitative estimate of drug-likeness (QED) is 0.689. The van der Waals surface area contributed by atoms with E-state index in [1.165, 1.54) is 13.2 Å². The lowest BCUT2D eigenvalue weighted by Crippen LogP contribution is -2.03. The summed E-state index contributed by atoms with van der Waals surface area (Å²) in [5, 5.41) is 0. The number of rotatable bonds is 2. The molecule has 2 nitrogen and oxygen atoms in total. The fourth-order valence-corrected chi connectivity index (χ4v) is 1.03. The number of Topliss-reactive ketones (excluding diaryl/α,β-unsaturated/α-hetero) is 1. The van der Waals surface area contributed by atoms with Gasteiger partial charge in [0.2, 0.25) is 0 Å². The Bertz CT molecular complexity index is 348. The Hall–Kier alpha value is -1.45. The van der Waals surface area contributed by atoms with Gasteiger partial charge in [0.05, 0.1) is 12.7 Å². The Morgan fingerprint density at radius 3 is 2.36 bits per heavy atom. The van der Waals surface area contributed by atoms with Crippen molar-refractivity contribution in [3.63, 3.8) is 0 Å². The Morgan fingerprint density at radius 1 is 1.36 bits per heavy atom. The predicted octanol–water partition coefficient (Wildman–Crippen LogP) is 2.81. The monoisotopic (exact) mass is 202 g/mol. The van der Waals surface area contributed by atoms with Crippen molar-refractivity contribution in [1.82, 2.24) is 0 Å². The molecule has 0 aliphatic heterocycles. The maximum absolute atomic E-state index is 13.0. The molecule has 0 radical (unpaired) electrons. The topological polar surface area (TPSA) is 26.3 Å². The van der Waals surface area contributed by atoms with Gasteiger partial charge < -0.3 is 4.74 Å². The number of carbonyl (C=O) groups is 1. The third-order valence-corrected chi connectivity index (χ3v) is 1.63. The van der Waals surface area contributed by atoms with Crippen molar-refractivity contribution in [2.45, 2.75) is 14.4 Å². The maximum Gasteiger partial charge on any atom is 0.173 e. The van der Waals surface area contributed by atoms with Crippen LogP contribution in [0.2, 0.25) is 0 Å². The molecular formula is C10H12F2O2. The highest BCUT2D eigenvalue weighted by Gasteiger charge is 2.17. The smallest absolute Gasteiger partial charge is 0.173 e. The number of hydrogen-bond acceptors (Lipinski definition) is 2. The standard InChI is InChI=1S/C9H8F2O2.CH4/c1-5(12)8-7(13-2)4-3-6(10)9(8)11;/h3-4H,1-2H3;1H4. The van der Waals surface area contributed by atoms with Crippen molar-refractivity contribution < 1.29 is 18.3 Å². The highest BCUT2D eigenvalue weighted by molar-refractivity contribution is 5.97. The van der Waals surface area contributed by atoms with Gasteiger partial charge in [-0.05, 0) is 19.1 Å². The number of halogens is 2. The average Bonchev–Trinajstić information content (AvgIpc) is 2.08. The lowest BCUT2D eigenvalue weighted by atomic mass is 10.1. The number of ether oxygens (including phenoxy) is 1. The molecule has 0 amide bonds. The highest BCUT2D eigenvalue weighted by Crippen LogP contribution is 2.23. The van der Waals surface area contributed by atoms with E-state index < -0.39 is 17.4 Å². The molecular weight excluding hydrogens is 190 g/mol. The van der Waals surface area contributed by atoms with Gasteiger partial charge in [-0.1, -0.05) is 7.43 Å². The number of hydrogen-bond donors (Lipinski definition) is 0. The molecule has 0 atom stereocenters. The highest BCUT2D eigenvalue weighted by atomic mass is 19.2. The second-order valence-corrected chi connectivity index (χ2v) is 2.49. The van der Waals surface area contributed by atoms with E-state index in [2.05, 4.69) is 0 Å². The Morgan fingerprint density at radius 2 is 1.93 bits per heavy atom. The van der Waals surface area contributed by atoms with E-state index >= 15 is 0 Å². The van der Waals surface area contributed by atoms with Gasteiger partial charge in [0.1, 0.15) is 5.75 Å². The maximum atomic E-state index is 13.0. The van der Waals surface area contributed by atoms with Crippen LogP contribution in [0.4, 0.5) is 8.78 Å². The normalized spacial score (nSPS) is 9.14. The predicted molar refractivity (Wildman–Crippen MR) is 49.6 cm³/mol. The molecule has 0 aliphatic carbocycles. The molecule has 0 saturated carbocycles. The summed E-state index contributed by atoms with van der Waals surface area (Å²) in [6.07, 6.45) is 0. The zero-order chi connectivity index (χ0) is 10.0. The number of methoxy groups -OCH3 is 1. The van der Waals surface area contributed by atoms with E-state index in [9.17, 15) is 13.6 Å². The summed E-state index contributed by atoms with van der Waals surface area (Å²) >= 11 is 0. The van der Waals surface area contributed by atoms with Crippen LogP contribution in [0, 0.1) is 11.6 Å². The van der Waals surface area contributed by atoms with Crippen LogP contribution in [-0.2, 0) is 0 Å². The zero-order valence-electron chi connectivity index (χ0n) is 7.23. The molecule has 0 fully saturated rings. The van der Waals surface area contributed by atoms with Crippen LogP contribution < -0.4 is 4.74 Å². The molecule has 0 spiro atoms. The summed E-state index contributed by atoms with van der Waals surface area (Å²) in [4.78, 5) is 10.9.